The molecule has 2 amide bonds. The number of nitrogens with zero attached hydrogens (tertiary/aromatic N) is 2. The van der Waals surface area contributed by atoms with Crippen molar-refractivity contribution in [2.45, 2.75) is 20.0 Å². The summed E-state index contributed by atoms with van der Waals surface area (Å²) in [5.74, 6) is -0.158. The van der Waals surface area contributed by atoms with Gasteiger partial charge in [0.15, 0.2) is 0 Å². The highest BCUT2D eigenvalue weighted by Gasteiger charge is 2.35. The molecule has 0 radical (unpaired) electrons. The second-order valence-electron chi connectivity index (χ2n) is 8.08. The minimum absolute atomic E-state index is 0.0696. The quantitative estimate of drug-likeness (QED) is 0.353. The molecule has 0 spiro atoms. The van der Waals surface area contributed by atoms with Gasteiger partial charge in [-0.3, -0.25) is 9.59 Å². The lowest BCUT2D eigenvalue weighted by atomic mass is 10.1. The van der Waals surface area contributed by atoms with Crippen LogP contribution in [0.25, 0.3) is 0 Å². The van der Waals surface area contributed by atoms with Gasteiger partial charge in [-0.05, 0) is 54.4 Å². The van der Waals surface area contributed by atoms with Gasteiger partial charge in [0.05, 0.1) is 22.2 Å². The Morgan fingerprint density at radius 2 is 1.91 bits per heavy atom. The molecule has 3 aromatic rings. The van der Waals surface area contributed by atoms with Crippen LogP contribution in [0.15, 0.2) is 71.8 Å². The predicted octanol–water partition coefficient (Wildman–Crippen LogP) is 5.38. The number of amides is 2. The monoisotopic (exact) mass is 495 g/mol. The van der Waals surface area contributed by atoms with Crippen LogP contribution >= 0.6 is 23.2 Å². The Morgan fingerprint density at radius 3 is 2.68 bits per heavy atom. The number of hydrazone groups is 1. The first-order chi connectivity index (χ1) is 16.4. The molecule has 3 aromatic carbocycles. The van der Waals surface area contributed by atoms with Crippen molar-refractivity contribution in [3.63, 3.8) is 0 Å². The molecule has 0 saturated carbocycles. The Bertz CT molecular complexity index is 1230. The zero-order valence-electron chi connectivity index (χ0n) is 18.5. The molecule has 1 atom stereocenters. The second kappa shape index (κ2) is 10.7. The molecule has 6 nitrogen and oxygen atoms in total. The lowest BCUT2D eigenvalue weighted by Crippen LogP contribution is -2.30. The molecule has 34 heavy (non-hydrogen) atoms. The highest BCUT2D eigenvalue weighted by molar-refractivity contribution is 6.42. The van der Waals surface area contributed by atoms with Gasteiger partial charge in [0, 0.05) is 18.7 Å². The lowest BCUT2D eigenvalue weighted by Gasteiger charge is -2.16. The summed E-state index contributed by atoms with van der Waals surface area (Å²) in [6.45, 7) is 2.66. The van der Waals surface area contributed by atoms with E-state index in [2.05, 4.69) is 10.5 Å². The van der Waals surface area contributed by atoms with E-state index in [1.807, 2.05) is 61.5 Å². The van der Waals surface area contributed by atoms with E-state index in [0.29, 0.717) is 28.9 Å². The first-order valence-electron chi connectivity index (χ1n) is 10.8. The van der Waals surface area contributed by atoms with E-state index in [9.17, 15) is 9.59 Å². The fourth-order valence-electron chi connectivity index (χ4n) is 3.60. The minimum Gasteiger partial charge on any atom is -0.489 e. The van der Waals surface area contributed by atoms with Gasteiger partial charge in [0.2, 0.25) is 11.8 Å². The number of carbonyl (C=O) groups excluding carboxylic acids is 2. The predicted molar refractivity (Wildman–Crippen MR) is 135 cm³/mol. The fraction of sp³-hybridized carbons (Fsp3) is 0.192. The molecule has 1 saturated heterocycles. The molecule has 1 aliphatic heterocycles. The first-order valence-corrected chi connectivity index (χ1v) is 11.5. The van der Waals surface area contributed by atoms with Gasteiger partial charge in [-0.15, -0.1) is 0 Å². The van der Waals surface area contributed by atoms with Crippen LogP contribution in [0.2, 0.25) is 10.0 Å². The topological polar surface area (TPSA) is 71.0 Å². The van der Waals surface area contributed by atoms with Crippen LogP contribution in [0.1, 0.15) is 23.1 Å². The van der Waals surface area contributed by atoms with Crippen LogP contribution in [-0.2, 0) is 16.2 Å². The number of anilines is 1. The van der Waals surface area contributed by atoms with Crippen molar-refractivity contribution in [2.75, 3.05) is 11.4 Å². The molecule has 1 aliphatic rings. The zero-order valence-corrected chi connectivity index (χ0v) is 20.0. The van der Waals surface area contributed by atoms with Crippen LogP contribution < -0.4 is 15.1 Å². The third-order valence-corrected chi connectivity index (χ3v) is 6.22. The molecule has 4 rings (SSSR count). The van der Waals surface area contributed by atoms with Gasteiger partial charge in [0.1, 0.15) is 12.4 Å². The lowest BCUT2D eigenvalue weighted by molar-refractivity contribution is -0.126. The summed E-state index contributed by atoms with van der Waals surface area (Å²) in [5, 5.41) is 5.03. The van der Waals surface area contributed by atoms with Crippen LogP contribution in [0.4, 0.5) is 5.69 Å². The van der Waals surface area contributed by atoms with Crippen molar-refractivity contribution < 1.29 is 14.3 Å². The number of hydrogen-bond acceptors (Lipinski definition) is 4. The molecule has 0 aromatic heterocycles. The molecule has 174 valence electrons. The summed E-state index contributed by atoms with van der Waals surface area (Å²) in [6.07, 6.45) is 1.70. The molecule has 1 heterocycles. The maximum atomic E-state index is 12.5. The normalized spacial score (nSPS) is 15.7. The number of halogens is 2. The Labute approximate surface area is 208 Å². The highest BCUT2D eigenvalue weighted by atomic mass is 35.5. The summed E-state index contributed by atoms with van der Waals surface area (Å²) in [7, 11) is 0. The number of benzene rings is 3. The third kappa shape index (κ3) is 5.95. The van der Waals surface area contributed by atoms with Gasteiger partial charge in [0.25, 0.3) is 0 Å². The fourth-order valence-corrected chi connectivity index (χ4v) is 3.92. The van der Waals surface area contributed by atoms with E-state index in [4.69, 9.17) is 27.9 Å². The average molecular weight is 496 g/mol. The van der Waals surface area contributed by atoms with Crippen molar-refractivity contribution in [3.8, 4) is 5.75 Å². The van der Waals surface area contributed by atoms with E-state index in [-0.39, 0.29) is 18.2 Å². The molecule has 1 N–H and O–H groups in total. The van der Waals surface area contributed by atoms with Crippen molar-refractivity contribution >= 4 is 46.9 Å². The summed E-state index contributed by atoms with van der Waals surface area (Å²) in [5.41, 5.74) is 6.11. The van der Waals surface area contributed by atoms with Crippen molar-refractivity contribution in [2.24, 2.45) is 11.0 Å². The largest absolute Gasteiger partial charge is 0.489 e. The zero-order chi connectivity index (χ0) is 24.1. The Kier molecular flexibility index (Phi) is 7.50. The molecular weight excluding hydrogens is 473 g/mol. The first kappa shape index (κ1) is 23.8. The number of ether oxygens (including phenoxy) is 1. The molecular formula is C26H23Cl2N3O3. The van der Waals surface area contributed by atoms with Gasteiger partial charge in [-0.1, -0.05) is 59.1 Å². The van der Waals surface area contributed by atoms with Gasteiger partial charge in [-0.2, -0.15) is 5.10 Å². The van der Waals surface area contributed by atoms with E-state index < -0.39 is 5.92 Å². The number of carbonyl (C=O) groups is 2. The van der Waals surface area contributed by atoms with Gasteiger partial charge >= 0.3 is 0 Å². The summed E-state index contributed by atoms with van der Waals surface area (Å²) in [4.78, 5) is 26.6. The summed E-state index contributed by atoms with van der Waals surface area (Å²) >= 11 is 12.0. The smallest absolute Gasteiger partial charge is 0.245 e. The van der Waals surface area contributed by atoms with Crippen LogP contribution in [0.3, 0.4) is 0 Å². The van der Waals surface area contributed by atoms with E-state index >= 15 is 0 Å². The van der Waals surface area contributed by atoms with E-state index in [1.54, 1.807) is 23.2 Å². The minimum atomic E-state index is -0.452. The van der Waals surface area contributed by atoms with Crippen LogP contribution in [0, 0.1) is 12.8 Å². The molecule has 0 bridgehead atoms. The second-order valence-corrected chi connectivity index (χ2v) is 8.90. The molecule has 8 heteroatoms. The van der Waals surface area contributed by atoms with Crippen molar-refractivity contribution in [3.05, 3.63) is 93.5 Å². The van der Waals surface area contributed by atoms with Crippen LogP contribution in [-0.4, -0.2) is 24.6 Å². The SMILES string of the molecule is Cc1ccc(N2C[C@H](C(=O)N/N=C/c3cccc(OCc4ccc(Cl)c(Cl)c4)c3)CC2=O)cc1. The highest BCUT2D eigenvalue weighted by Crippen LogP contribution is 2.26. The summed E-state index contributed by atoms with van der Waals surface area (Å²) in [6, 6.07) is 20.3. The molecule has 1 fully saturated rings. The van der Waals surface area contributed by atoms with Crippen LogP contribution in [0.5, 0.6) is 5.75 Å². The number of rotatable bonds is 7. The van der Waals surface area contributed by atoms with E-state index in [0.717, 1.165) is 22.4 Å². The van der Waals surface area contributed by atoms with Gasteiger partial charge in [-0.25, -0.2) is 5.43 Å². The summed E-state index contributed by atoms with van der Waals surface area (Å²) < 4.78 is 5.82. The Hall–Kier alpha value is -3.35. The maximum absolute atomic E-state index is 12.5. The van der Waals surface area contributed by atoms with Crippen molar-refractivity contribution in [1.29, 1.82) is 0 Å². The Balaban J connectivity index is 1.30. The van der Waals surface area contributed by atoms with Crippen molar-refractivity contribution in [1.82, 2.24) is 5.43 Å². The maximum Gasteiger partial charge on any atom is 0.245 e. The number of nitrogens with one attached hydrogen (secondary N) is 1. The average Bonchev–Trinajstić information content (AvgIpc) is 3.22. The standard InChI is InChI=1S/C26H23Cl2N3O3/c1-17-5-8-21(9-6-17)31-15-20(13-25(31)32)26(33)30-29-14-18-3-2-4-22(11-18)34-16-19-7-10-23(27)24(28)12-19/h2-12,14,20H,13,15-16H2,1H3,(H,30,33)/b29-14+/t20-/m1/s1. The number of aryl methyl sites for hydroxylation is 1. The molecule has 0 aliphatic carbocycles. The third-order valence-electron chi connectivity index (χ3n) is 5.48. The Morgan fingerprint density at radius 1 is 1.12 bits per heavy atom. The number of hydrogen-bond donors (Lipinski definition) is 1. The molecule has 0 unspecified atom stereocenters. The van der Waals surface area contributed by atoms with E-state index in [1.165, 1.54) is 0 Å². The van der Waals surface area contributed by atoms with Gasteiger partial charge < -0.3 is 9.64 Å².